The molecular weight excluding hydrogens is 544 g/mol. The van der Waals surface area contributed by atoms with Crippen LogP contribution in [0.1, 0.15) is 62.5 Å². The fraction of sp³-hybridized carbons (Fsp3) is 0.312. The van der Waals surface area contributed by atoms with E-state index in [-0.39, 0.29) is 36.9 Å². The van der Waals surface area contributed by atoms with E-state index in [0.29, 0.717) is 53.9 Å². The maximum absolute atomic E-state index is 13.7. The molecule has 4 heterocycles. The largest absolute Gasteiger partial charge is 0.371 e. The van der Waals surface area contributed by atoms with Crippen molar-refractivity contribution in [3.63, 3.8) is 0 Å². The molecule has 1 saturated heterocycles. The highest BCUT2D eigenvalue weighted by Gasteiger charge is 2.42. The number of carbonyl (C=O) groups is 3. The van der Waals surface area contributed by atoms with Gasteiger partial charge in [0.15, 0.2) is 11.5 Å². The summed E-state index contributed by atoms with van der Waals surface area (Å²) >= 11 is 0. The van der Waals surface area contributed by atoms with Gasteiger partial charge >= 0.3 is 0 Å². The van der Waals surface area contributed by atoms with Crippen molar-refractivity contribution in [2.24, 2.45) is 0 Å². The third-order valence-electron chi connectivity index (χ3n) is 7.93. The number of imidazole rings is 1. The number of para-hydroxylation sites is 1. The normalized spacial score (nSPS) is 16.2. The smallest absolute Gasteiger partial charge is 0.272 e. The molecule has 11 nitrogen and oxygen atoms in total. The first-order valence-corrected chi connectivity index (χ1v) is 14.3. The maximum atomic E-state index is 13.7. The number of amides is 3. The minimum Gasteiger partial charge on any atom is -0.371 e. The molecule has 0 saturated carbocycles. The molecule has 1 atom stereocenters. The van der Waals surface area contributed by atoms with Gasteiger partial charge in [0.05, 0.1) is 35.8 Å². The number of rotatable bonds is 7. The lowest BCUT2D eigenvalue weighted by Crippen LogP contribution is -2.50. The van der Waals surface area contributed by atoms with E-state index in [1.807, 2.05) is 36.1 Å². The number of nitrogens with one attached hydrogen (secondary N) is 2. The Bertz CT molecular complexity index is 1780. The first-order chi connectivity index (χ1) is 20.9. The van der Waals surface area contributed by atoms with Crippen LogP contribution < -0.4 is 15.5 Å². The summed E-state index contributed by atoms with van der Waals surface area (Å²) in [5.74, 6) is 6.56. The van der Waals surface area contributed by atoms with Crippen molar-refractivity contribution in [1.82, 2.24) is 29.7 Å². The predicted molar refractivity (Wildman–Crippen MR) is 163 cm³/mol. The second kappa shape index (κ2) is 11.6. The van der Waals surface area contributed by atoms with Crippen LogP contribution in [0.4, 0.5) is 11.8 Å². The Balaban J connectivity index is 1.27. The summed E-state index contributed by atoms with van der Waals surface area (Å²) in [6, 6.07) is 14.4. The molecule has 0 spiro atoms. The minimum atomic E-state index is -0.343. The van der Waals surface area contributed by atoms with E-state index < -0.39 is 0 Å². The molecule has 2 aromatic heterocycles. The van der Waals surface area contributed by atoms with Crippen LogP contribution >= 0.6 is 0 Å². The highest BCUT2D eigenvalue weighted by Crippen LogP contribution is 2.31. The van der Waals surface area contributed by atoms with Crippen molar-refractivity contribution < 1.29 is 14.4 Å². The van der Waals surface area contributed by atoms with Gasteiger partial charge in [0, 0.05) is 31.2 Å². The van der Waals surface area contributed by atoms with Crippen LogP contribution in [0, 0.1) is 18.8 Å². The lowest BCUT2D eigenvalue weighted by atomic mass is 10.0. The number of fused-ring (bicyclic) bond motifs is 2. The van der Waals surface area contributed by atoms with Gasteiger partial charge in [-0.15, -0.1) is 5.92 Å². The van der Waals surface area contributed by atoms with Gasteiger partial charge in [-0.3, -0.25) is 23.9 Å². The molecule has 0 unspecified atom stereocenters. The molecule has 4 aromatic rings. The van der Waals surface area contributed by atoms with E-state index in [4.69, 9.17) is 4.98 Å². The summed E-state index contributed by atoms with van der Waals surface area (Å²) in [5, 5.41) is 6.99. The third-order valence-corrected chi connectivity index (χ3v) is 7.93. The van der Waals surface area contributed by atoms with E-state index in [0.717, 1.165) is 23.0 Å². The Morgan fingerprint density at radius 1 is 1.02 bits per heavy atom. The molecule has 11 heteroatoms. The Morgan fingerprint density at radius 2 is 1.74 bits per heavy atom. The highest BCUT2D eigenvalue weighted by atomic mass is 16.2. The van der Waals surface area contributed by atoms with Gasteiger partial charge < -0.3 is 15.5 Å². The lowest BCUT2D eigenvalue weighted by molar-refractivity contribution is 0.0569. The molecule has 3 amide bonds. The van der Waals surface area contributed by atoms with Crippen LogP contribution in [0.5, 0.6) is 0 Å². The Labute approximate surface area is 249 Å². The van der Waals surface area contributed by atoms with Crippen molar-refractivity contribution in [3.05, 3.63) is 76.9 Å². The number of benzene rings is 2. The van der Waals surface area contributed by atoms with Crippen molar-refractivity contribution in [3.8, 4) is 11.8 Å². The number of aryl methyl sites for hydroxylation is 1. The van der Waals surface area contributed by atoms with E-state index in [2.05, 4.69) is 32.4 Å². The predicted octanol–water partition coefficient (Wildman–Crippen LogP) is 3.39. The van der Waals surface area contributed by atoms with Crippen LogP contribution in [-0.4, -0.2) is 68.3 Å². The van der Waals surface area contributed by atoms with Crippen LogP contribution in [0.2, 0.25) is 0 Å². The number of imide groups is 1. The van der Waals surface area contributed by atoms with Crippen LogP contribution in [-0.2, 0) is 13.1 Å². The highest BCUT2D eigenvalue weighted by molar-refractivity contribution is 6.21. The molecule has 2 aliphatic rings. The van der Waals surface area contributed by atoms with Gasteiger partial charge in [0.1, 0.15) is 5.82 Å². The first kappa shape index (κ1) is 27.9. The van der Waals surface area contributed by atoms with E-state index in [1.165, 1.54) is 4.90 Å². The number of carbonyl (C=O) groups excluding carboxylic acids is 3. The molecule has 218 valence electrons. The van der Waals surface area contributed by atoms with Gasteiger partial charge in [0.25, 0.3) is 17.7 Å². The van der Waals surface area contributed by atoms with Gasteiger partial charge in [-0.25, -0.2) is 9.97 Å². The number of hydrogen-bond donors (Lipinski definition) is 2. The van der Waals surface area contributed by atoms with Crippen LogP contribution in [0.25, 0.3) is 10.9 Å². The SMILES string of the molecule is CC#CCn1c(N2CCC[C@@H](N3C(=O)c4ccccc4C3=O)C2)nc(NC)c1C(=O)NCc1nc(C)c2ccccc2n1. The van der Waals surface area contributed by atoms with Crippen LogP contribution in [0.3, 0.4) is 0 Å². The van der Waals surface area contributed by atoms with Gasteiger partial charge in [-0.2, -0.15) is 4.98 Å². The standard InChI is InChI=1S/C32H32N8O3/c1-4-5-17-39-27(29(41)34-18-26-35-20(2)22-12-8-9-15-25(22)36-26)28(33-3)37-32(39)38-16-10-11-21(19-38)40-30(42)23-13-6-7-14-24(23)31(40)43/h6-9,12-15,21,33H,10-11,16-19H2,1-3H3,(H,34,41)/t21-/m1/s1. The topological polar surface area (TPSA) is 125 Å². The zero-order chi connectivity index (χ0) is 30.1. The van der Waals surface area contributed by atoms with Crippen molar-refractivity contribution in [2.45, 2.75) is 45.8 Å². The fourth-order valence-corrected chi connectivity index (χ4v) is 5.90. The quantitative estimate of drug-likeness (QED) is 0.253. The Kier molecular flexibility index (Phi) is 7.50. The number of aromatic nitrogens is 4. The van der Waals surface area contributed by atoms with Crippen molar-refractivity contribution in [2.75, 3.05) is 30.4 Å². The molecule has 43 heavy (non-hydrogen) atoms. The molecule has 6 rings (SSSR count). The molecule has 0 aliphatic carbocycles. The molecule has 0 radical (unpaired) electrons. The summed E-state index contributed by atoms with van der Waals surface area (Å²) in [4.78, 5) is 57.5. The maximum Gasteiger partial charge on any atom is 0.272 e. The Morgan fingerprint density at radius 3 is 2.47 bits per heavy atom. The second-order valence-electron chi connectivity index (χ2n) is 10.6. The number of anilines is 2. The van der Waals surface area contributed by atoms with Crippen molar-refractivity contribution in [1.29, 1.82) is 0 Å². The summed E-state index contributed by atoms with van der Waals surface area (Å²) < 4.78 is 1.79. The van der Waals surface area contributed by atoms with Gasteiger partial charge in [-0.1, -0.05) is 36.3 Å². The Hall–Kier alpha value is -5.24. The molecular formula is C32H32N8O3. The van der Waals surface area contributed by atoms with E-state index in [9.17, 15) is 14.4 Å². The summed E-state index contributed by atoms with van der Waals surface area (Å²) in [6.07, 6.45) is 1.44. The van der Waals surface area contributed by atoms with Crippen LogP contribution in [0.15, 0.2) is 48.5 Å². The zero-order valence-corrected chi connectivity index (χ0v) is 24.3. The van der Waals surface area contributed by atoms with Gasteiger partial charge in [-0.05, 0) is 44.9 Å². The molecule has 1 fully saturated rings. The fourth-order valence-electron chi connectivity index (χ4n) is 5.90. The van der Waals surface area contributed by atoms with E-state index >= 15 is 0 Å². The van der Waals surface area contributed by atoms with E-state index in [1.54, 1.807) is 42.8 Å². The minimum absolute atomic E-state index is 0.138. The number of nitrogens with zero attached hydrogens (tertiary/aromatic N) is 6. The second-order valence-corrected chi connectivity index (χ2v) is 10.6. The summed E-state index contributed by atoms with van der Waals surface area (Å²) in [5.41, 5.74) is 2.87. The van der Waals surface area contributed by atoms with Gasteiger partial charge in [0.2, 0.25) is 5.95 Å². The lowest BCUT2D eigenvalue weighted by Gasteiger charge is -2.37. The monoisotopic (exact) mass is 576 g/mol. The molecule has 2 N–H and O–H groups in total. The molecule has 2 aromatic carbocycles. The molecule has 0 bridgehead atoms. The third kappa shape index (κ3) is 5.05. The van der Waals surface area contributed by atoms with Crippen molar-refractivity contribution >= 4 is 40.4 Å². The number of piperidine rings is 1. The zero-order valence-electron chi connectivity index (χ0n) is 24.3. The average molecular weight is 577 g/mol. The molecule has 2 aliphatic heterocycles. The summed E-state index contributed by atoms with van der Waals surface area (Å²) in [7, 11) is 1.71. The number of hydrogen-bond acceptors (Lipinski definition) is 8. The first-order valence-electron chi connectivity index (χ1n) is 14.3. The average Bonchev–Trinajstić information content (AvgIpc) is 3.53. The summed E-state index contributed by atoms with van der Waals surface area (Å²) in [6.45, 7) is 5.10.